The van der Waals surface area contributed by atoms with E-state index in [0.717, 1.165) is 6.54 Å². The van der Waals surface area contributed by atoms with E-state index < -0.39 is 0 Å². The van der Waals surface area contributed by atoms with Gasteiger partial charge in [0.1, 0.15) is 0 Å². The Hall–Kier alpha value is -1.72. The number of benzene rings is 1. The summed E-state index contributed by atoms with van der Waals surface area (Å²) in [7, 11) is 1.78. The van der Waals surface area contributed by atoms with Crippen LogP contribution in [0.2, 0.25) is 0 Å². The molecule has 1 aromatic carbocycles. The van der Waals surface area contributed by atoms with E-state index in [-0.39, 0.29) is 11.8 Å². The molecule has 0 radical (unpaired) electrons. The SMILES string of the molecule is COC1CCCNC1.O=C1NC(=O)c2ccccc21. The second-order valence-electron chi connectivity index (χ2n) is 4.53. The normalized spacial score (nSPS) is 21.2. The quantitative estimate of drug-likeness (QED) is 0.740. The zero-order valence-electron chi connectivity index (χ0n) is 10.9. The van der Waals surface area contributed by atoms with Crippen molar-refractivity contribution in [1.29, 1.82) is 0 Å². The van der Waals surface area contributed by atoms with Gasteiger partial charge in [0.15, 0.2) is 0 Å². The van der Waals surface area contributed by atoms with E-state index in [9.17, 15) is 9.59 Å². The van der Waals surface area contributed by atoms with E-state index in [0.29, 0.717) is 17.2 Å². The van der Waals surface area contributed by atoms with Crippen molar-refractivity contribution in [3.05, 3.63) is 35.4 Å². The van der Waals surface area contributed by atoms with Crippen LogP contribution in [0, 0.1) is 0 Å². The van der Waals surface area contributed by atoms with E-state index in [1.165, 1.54) is 19.4 Å². The third-order valence-electron chi connectivity index (χ3n) is 3.23. The van der Waals surface area contributed by atoms with E-state index in [1.807, 2.05) is 0 Å². The van der Waals surface area contributed by atoms with Crippen LogP contribution in [0.4, 0.5) is 0 Å². The molecular weight excluding hydrogens is 244 g/mol. The maximum atomic E-state index is 10.9. The summed E-state index contributed by atoms with van der Waals surface area (Å²) >= 11 is 0. The van der Waals surface area contributed by atoms with Gasteiger partial charge in [-0.1, -0.05) is 12.1 Å². The second kappa shape index (κ2) is 6.45. The van der Waals surface area contributed by atoms with Crippen molar-refractivity contribution in [2.45, 2.75) is 18.9 Å². The number of ether oxygens (including phenoxy) is 1. The van der Waals surface area contributed by atoms with E-state index in [4.69, 9.17) is 4.74 Å². The van der Waals surface area contributed by atoms with Gasteiger partial charge in [0, 0.05) is 13.7 Å². The molecule has 0 bridgehead atoms. The van der Waals surface area contributed by atoms with Crippen LogP contribution in [-0.2, 0) is 4.74 Å². The molecule has 2 N–H and O–H groups in total. The molecule has 1 saturated heterocycles. The summed E-state index contributed by atoms with van der Waals surface area (Å²) in [5.74, 6) is -0.601. The number of imide groups is 1. The number of carbonyl (C=O) groups is 2. The van der Waals surface area contributed by atoms with Gasteiger partial charge in [-0.15, -0.1) is 0 Å². The summed E-state index contributed by atoms with van der Waals surface area (Å²) in [4.78, 5) is 21.9. The van der Waals surface area contributed by atoms with Crippen LogP contribution in [-0.4, -0.2) is 38.1 Å². The highest BCUT2D eigenvalue weighted by Gasteiger charge is 2.25. The van der Waals surface area contributed by atoms with Crippen LogP contribution < -0.4 is 10.6 Å². The number of hydrogen-bond donors (Lipinski definition) is 2. The maximum absolute atomic E-state index is 10.9. The van der Waals surface area contributed by atoms with Gasteiger partial charge in [-0.25, -0.2) is 0 Å². The third kappa shape index (κ3) is 3.39. The van der Waals surface area contributed by atoms with Gasteiger partial charge < -0.3 is 10.1 Å². The van der Waals surface area contributed by atoms with Gasteiger partial charge in [-0.3, -0.25) is 14.9 Å². The summed E-state index contributed by atoms with van der Waals surface area (Å²) in [6.45, 7) is 2.20. The minimum absolute atomic E-state index is 0.300. The maximum Gasteiger partial charge on any atom is 0.258 e. The summed E-state index contributed by atoms with van der Waals surface area (Å²) in [5.41, 5.74) is 0.940. The fourth-order valence-electron chi connectivity index (χ4n) is 2.14. The van der Waals surface area contributed by atoms with Gasteiger partial charge in [0.05, 0.1) is 17.2 Å². The molecule has 2 amide bonds. The minimum atomic E-state index is -0.300. The van der Waals surface area contributed by atoms with Crippen LogP contribution in [0.3, 0.4) is 0 Å². The molecule has 1 fully saturated rings. The summed E-state index contributed by atoms with van der Waals surface area (Å²) in [6, 6.07) is 6.74. The molecular formula is C14H18N2O3. The van der Waals surface area contributed by atoms with Crippen LogP contribution in [0.5, 0.6) is 0 Å². The van der Waals surface area contributed by atoms with Crippen LogP contribution in [0.15, 0.2) is 24.3 Å². The Morgan fingerprint density at radius 2 is 1.79 bits per heavy atom. The van der Waals surface area contributed by atoms with Crippen molar-refractivity contribution in [1.82, 2.24) is 10.6 Å². The predicted octanol–water partition coefficient (Wildman–Crippen LogP) is 0.955. The van der Waals surface area contributed by atoms with Crippen LogP contribution in [0.1, 0.15) is 33.6 Å². The van der Waals surface area contributed by atoms with Gasteiger partial charge in [-0.05, 0) is 31.5 Å². The molecule has 1 unspecified atom stereocenters. The average Bonchev–Trinajstić information content (AvgIpc) is 2.76. The number of piperidine rings is 1. The number of rotatable bonds is 1. The van der Waals surface area contributed by atoms with Crippen molar-refractivity contribution < 1.29 is 14.3 Å². The molecule has 19 heavy (non-hydrogen) atoms. The molecule has 3 rings (SSSR count). The minimum Gasteiger partial charge on any atom is -0.380 e. The zero-order valence-corrected chi connectivity index (χ0v) is 10.9. The van der Waals surface area contributed by atoms with Gasteiger partial charge in [0.25, 0.3) is 11.8 Å². The first-order valence-electron chi connectivity index (χ1n) is 6.40. The molecule has 0 aromatic heterocycles. The van der Waals surface area contributed by atoms with Crippen molar-refractivity contribution in [3.8, 4) is 0 Å². The predicted molar refractivity (Wildman–Crippen MR) is 71.1 cm³/mol. The topological polar surface area (TPSA) is 67.4 Å². The fraction of sp³-hybridized carbons (Fsp3) is 0.429. The summed E-state index contributed by atoms with van der Waals surface area (Å²) in [6.07, 6.45) is 2.96. The Bertz CT molecular complexity index is 435. The second-order valence-corrected chi connectivity index (χ2v) is 4.53. The fourth-order valence-corrected chi connectivity index (χ4v) is 2.14. The molecule has 2 aliphatic heterocycles. The molecule has 102 valence electrons. The summed E-state index contributed by atoms with van der Waals surface area (Å²) in [5, 5.41) is 5.47. The standard InChI is InChI=1S/C8H5NO2.C6H13NO/c10-7-5-3-1-2-4-6(5)8(11)9-7;1-8-6-3-2-4-7-5-6/h1-4H,(H,9,10,11);6-7H,2-5H2,1H3. The van der Waals surface area contributed by atoms with Gasteiger partial charge in [-0.2, -0.15) is 0 Å². The summed E-state index contributed by atoms with van der Waals surface area (Å²) < 4.78 is 5.13. The van der Waals surface area contributed by atoms with E-state index >= 15 is 0 Å². The first-order valence-corrected chi connectivity index (χ1v) is 6.40. The van der Waals surface area contributed by atoms with E-state index in [1.54, 1.807) is 31.4 Å². The largest absolute Gasteiger partial charge is 0.380 e. The van der Waals surface area contributed by atoms with Crippen molar-refractivity contribution in [2.75, 3.05) is 20.2 Å². The molecule has 2 aliphatic rings. The van der Waals surface area contributed by atoms with E-state index in [2.05, 4.69) is 10.6 Å². The van der Waals surface area contributed by atoms with Gasteiger partial charge in [0.2, 0.25) is 0 Å². The number of fused-ring (bicyclic) bond motifs is 1. The van der Waals surface area contributed by atoms with Crippen molar-refractivity contribution in [3.63, 3.8) is 0 Å². The first kappa shape index (κ1) is 13.7. The van der Waals surface area contributed by atoms with Crippen molar-refractivity contribution >= 4 is 11.8 Å². The number of carbonyl (C=O) groups excluding carboxylic acids is 2. The van der Waals surface area contributed by atoms with Crippen LogP contribution >= 0.6 is 0 Å². The van der Waals surface area contributed by atoms with Crippen LogP contribution in [0.25, 0.3) is 0 Å². The number of nitrogens with one attached hydrogen (secondary N) is 2. The highest BCUT2D eigenvalue weighted by molar-refractivity contribution is 6.21. The highest BCUT2D eigenvalue weighted by Crippen LogP contribution is 2.13. The molecule has 5 heteroatoms. The van der Waals surface area contributed by atoms with Crippen molar-refractivity contribution in [2.24, 2.45) is 0 Å². The number of amides is 2. The Labute approximate surface area is 112 Å². The lowest BCUT2D eigenvalue weighted by Gasteiger charge is -2.20. The molecule has 2 heterocycles. The number of hydrogen-bond acceptors (Lipinski definition) is 4. The Morgan fingerprint density at radius 3 is 2.21 bits per heavy atom. The Kier molecular flexibility index (Phi) is 4.65. The lowest BCUT2D eigenvalue weighted by molar-refractivity contribution is 0.0810. The smallest absolute Gasteiger partial charge is 0.258 e. The molecule has 0 saturated carbocycles. The zero-order chi connectivity index (χ0) is 13.7. The third-order valence-corrected chi connectivity index (χ3v) is 3.23. The monoisotopic (exact) mass is 262 g/mol. The highest BCUT2D eigenvalue weighted by atomic mass is 16.5. The average molecular weight is 262 g/mol. The first-order chi connectivity index (χ1) is 9.22. The lowest BCUT2D eigenvalue weighted by atomic mass is 10.1. The lowest BCUT2D eigenvalue weighted by Crippen LogP contribution is -2.34. The molecule has 0 aliphatic carbocycles. The Balaban J connectivity index is 0.000000148. The number of methoxy groups -OCH3 is 1. The molecule has 1 atom stereocenters. The molecule has 1 aromatic rings. The molecule has 0 spiro atoms. The molecule has 5 nitrogen and oxygen atoms in total. The Morgan fingerprint density at radius 1 is 1.16 bits per heavy atom. The van der Waals surface area contributed by atoms with Gasteiger partial charge >= 0.3 is 0 Å².